The number of imidazole rings is 1. The van der Waals surface area contributed by atoms with Gasteiger partial charge in [0.1, 0.15) is 5.82 Å². The van der Waals surface area contributed by atoms with E-state index in [1.54, 1.807) is 0 Å². The highest BCUT2D eigenvalue weighted by Crippen LogP contribution is 2.28. The van der Waals surface area contributed by atoms with Crippen LogP contribution in [0.25, 0.3) is 11.0 Å². The van der Waals surface area contributed by atoms with E-state index in [0.717, 1.165) is 55.4 Å². The number of aromatic amines is 1. The molecule has 1 aliphatic rings. The van der Waals surface area contributed by atoms with Crippen LogP contribution in [0, 0.1) is 5.41 Å². The van der Waals surface area contributed by atoms with Gasteiger partial charge in [0, 0.05) is 32.6 Å². The number of rotatable bonds is 4. The fraction of sp³-hybridized carbons (Fsp3) is 0.556. The molecule has 6 heteroatoms. The van der Waals surface area contributed by atoms with E-state index in [1.165, 1.54) is 6.42 Å². The predicted octanol–water partition coefficient (Wildman–Crippen LogP) is 3.42. The summed E-state index contributed by atoms with van der Waals surface area (Å²) in [6, 6.07) is 8.14. The standard InChI is InChI=1S/C18H27N5.HI/c1-4-19-17(23-12-10-18(2,3)13-23)20-11-9-16-21-14-7-5-6-8-15(14)22-16;/h5-8H,4,9-13H2,1-3H3,(H,19,20)(H,21,22);1H. The van der Waals surface area contributed by atoms with Gasteiger partial charge in [-0.3, -0.25) is 4.99 Å². The number of para-hydroxylation sites is 2. The SMILES string of the molecule is CCNC(=NCCc1nc2ccccc2[nH]1)N1CCC(C)(C)C1.I. The molecule has 1 aromatic carbocycles. The largest absolute Gasteiger partial charge is 0.357 e. The monoisotopic (exact) mass is 441 g/mol. The lowest BCUT2D eigenvalue weighted by molar-refractivity contribution is 0.370. The number of hydrogen-bond donors (Lipinski definition) is 2. The van der Waals surface area contributed by atoms with Gasteiger partial charge < -0.3 is 15.2 Å². The Morgan fingerprint density at radius 3 is 2.83 bits per heavy atom. The van der Waals surface area contributed by atoms with E-state index >= 15 is 0 Å². The highest BCUT2D eigenvalue weighted by molar-refractivity contribution is 14.0. The second kappa shape index (κ2) is 8.18. The highest BCUT2D eigenvalue weighted by atomic mass is 127. The molecule has 0 saturated carbocycles. The van der Waals surface area contributed by atoms with Gasteiger partial charge in [-0.05, 0) is 30.9 Å². The maximum atomic E-state index is 4.80. The Hall–Kier alpha value is -1.31. The van der Waals surface area contributed by atoms with Crippen molar-refractivity contribution in [2.24, 2.45) is 10.4 Å². The molecule has 1 aromatic heterocycles. The summed E-state index contributed by atoms with van der Waals surface area (Å²) in [6.45, 7) is 10.6. The van der Waals surface area contributed by atoms with Crippen molar-refractivity contribution in [2.75, 3.05) is 26.2 Å². The Balaban J connectivity index is 0.00000208. The zero-order valence-corrected chi connectivity index (χ0v) is 17.1. The van der Waals surface area contributed by atoms with Gasteiger partial charge >= 0.3 is 0 Å². The summed E-state index contributed by atoms with van der Waals surface area (Å²) in [5.74, 6) is 2.04. The number of aliphatic imine (C=N–C) groups is 1. The lowest BCUT2D eigenvalue weighted by atomic mass is 9.93. The van der Waals surface area contributed by atoms with Crippen LogP contribution >= 0.6 is 24.0 Å². The van der Waals surface area contributed by atoms with Crippen LogP contribution in [0.1, 0.15) is 33.0 Å². The van der Waals surface area contributed by atoms with Crippen LogP contribution in [-0.4, -0.2) is 47.0 Å². The van der Waals surface area contributed by atoms with E-state index in [-0.39, 0.29) is 24.0 Å². The second-order valence-electron chi connectivity index (χ2n) is 7.02. The number of aromatic nitrogens is 2. The van der Waals surface area contributed by atoms with E-state index in [2.05, 4.69) is 47.0 Å². The van der Waals surface area contributed by atoms with Gasteiger partial charge in [0.2, 0.25) is 0 Å². The van der Waals surface area contributed by atoms with Crippen LogP contribution in [0.4, 0.5) is 0 Å². The van der Waals surface area contributed by atoms with Crippen molar-refractivity contribution in [3.05, 3.63) is 30.1 Å². The van der Waals surface area contributed by atoms with E-state index in [4.69, 9.17) is 4.99 Å². The Labute approximate surface area is 161 Å². The molecule has 0 spiro atoms. The first-order valence-corrected chi connectivity index (χ1v) is 8.54. The molecule has 132 valence electrons. The van der Waals surface area contributed by atoms with E-state index in [9.17, 15) is 0 Å². The third-order valence-electron chi connectivity index (χ3n) is 4.36. The molecular weight excluding hydrogens is 413 g/mol. The molecule has 1 saturated heterocycles. The maximum absolute atomic E-state index is 4.80. The maximum Gasteiger partial charge on any atom is 0.193 e. The molecular formula is C18H28IN5. The van der Waals surface area contributed by atoms with Crippen molar-refractivity contribution in [1.82, 2.24) is 20.2 Å². The van der Waals surface area contributed by atoms with Crippen molar-refractivity contribution in [2.45, 2.75) is 33.6 Å². The van der Waals surface area contributed by atoms with Gasteiger partial charge in [-0.2, -0.15) is 0 Å². The number of halogens is 1. The average molecular weight is 441 g/mol. The summed E-state index contributed by atoms with van der Waals surface area (Å²) < 4.78 is 0. The average Bonchev–Trinajstić information content (AvgIpc) is 3.09. The third kappa shape index (κ3) is 4.62. The molecule has 24 heavy (non-hydrogen) atoms. The number of nitrogens with one attached hydrogen (secondary N) is 2. The fourth-order valence-corrected chi connectivity index (χ4v) is 3.11. The first-order valence-electron chi connectivity index (χ1n) is 8.54. The molecule has 0 amide bonds. The Morgan fingerprint density at radius 1 is 1.38 bits per heavy atom. The second-order valence-corrected chi connectivity index (χ2v) is 7.02. The molecule has 5 nitrogen and oxygen atoms in total. The summed E-state index contributed by atoms with van der Waals surface area (Å²) in [5, 5.41) is 3.42. The number of likely N-dealkylation sites (tertiary alicyclic amines) is 1. The predicted molar refractivity (Wildman–Crippen MR) is 111 cm³/mol. The first kappa shape index (κ1) is 19.0. The molecule has 1 aliphatic heterocycles. The number of nitrogens with zero attached hydrogens (tertiary/aromatic N) is 3. The lowest BCUT2D eigenvalue weighted by Crippen LogP contribution is -2.40. The van der Waals surface area contributed by atoms with Crippen molar-refractivity contribution < 1.29 is 0 Å². The van der Waals surface area contributed by atoms with Crippen molar-refractivity contribution in [1.29, 1.82) is 0 Å². The van der Waals surface area contributed by atoms with E-state index < -0.39 is 0 Å². The highest BCUT2D eigenvalue weighted by Gasteiger charge is 2.30. The summed E-state index contributed by atoms with van der Waals surface area (Å²) in [7, 11) is 0. The van der Waals surface area contributed by atoms with Crippen LogP contribution in [0.5, 0.6) is 0 Å². The molecule has 0 aliphatic carbocycles. The van der Waals surface area contributed by atoms with Gasteiger partial charge in [0.05, 0.1) is 11.0 Å². The van der Waals surface area contributed by atoms with Gasteiger partial charge in [0.15, 0.2) is 5.96 Å². The quantitative estimate of drug-likeness (QED) is 0.435. The molecule has 0 atom stereocenters. The molecule has 1 fully saturated rings. The molecule has 0 bridgehead atoms. The Morgan fingerprint density at radius 2 is 2.17 bits per heavy atom. The van der Waals surface area contributed by atoms with Crippen LogP contribution in [0.15, 0.2) is 29.3 Å². The van der Waals surface area contributed by atoms with Gasteiger partial charge in [-0.1, -0.05) is 26.0 Å². The fourth-order valence-electron chi connectivity index (χ4n) is 3.11. The Bertz CT molecular complexity index is 659. The van der Waals surface area contributed by atoms with Crippen molar-refractivity contribution in [3.8, 4) is 0 Å². The topological polar surface area (TPSA) is 56.3 Å². The van der Waals surface area contributed by atoms with Crippen molar-refractivity contribution >= 4 is 41.0 Å². The molecule has 2 N–H and O–H groups in total. The smallest absolute Gasteiger partial charge is 0.193 e. The molecule has 2 aromatic rings. The van der Waals surface area contributed by atoms with Crippen LogP contribution in [0.2, 0.25) is 0 Å². The number of hydrogen-bond acceptors (Lipinski definition) is 2. The minimum Gasteiger partial charge on any atom is -0.357 e. The van der Waals surface area contributed by atoms with E-state index in [1.807, 2.05) is 18.2 Å². The number of H-pyrrole nitrogens is 1. The van der Waals surface area contributed by atoms with Crippen LogP contribution < -0.4 is 5.32 Å². The number of benzene rings is 1. The first-order chi connectivity index (χ1) is 11.1. The van der Waals surface area contributed by atoms with Gasteiger partial charge in [0.25, 0.3) is 0 Å². The molecule has 0 unspecified atom stereocenters. The molecule has 2 heterocycles. The summed E-state index contributed by atoms with van der Waals surface area (Å²) in [6.07, 6.45) is 2.06. The Kier molecular flexibility index (Phi) is 6.48. The number of guanidine groups is 1. The minimum atomic E-state index is 0. The zero-order valence-electron chi connectivity index (χ0n) is 14.8. The molecule has 0 radical (unpaired) electrons. The molecule has 3 rings (SSSR count). The van der Waals surface area contributed by atoms with Crippen molar-refractivity contribution in [3.63, 3.8) is 0 Å². The number of fused-ring (bicyclic) bond motifs is 1. The van der Waals surface area contributed by atoms with Crippen LogP contribution in [0.3, 0.4) is 0 Å². The van der Waals surface area contributed by atoms with Gasteiger partial charge in [-0.15, -0.1) is 24.0 Å². The summed E-state index contributed by atoms with van der Waals surface area (Å²) in [5.41, 5.74) is 2.51. The summed E-state index contributed by atoms with van der Waals surface area (Å²) >= 11 is 0. The lowest BCUT2D eigenvalue weighted by Gasteiger charge is -2.23. The van der Waals surface area contributed by atoms with Crippen LogP contribution in [-0.2, 0) is 6.42 Å². The summed E-state index contributed by atoms with van der Waals surface area (Å²) in [4.78, 5) is 15.2. The third-order valence-corrected chi connectivity index (χ3v) is 4.36. The minimum absolute atomic E-state index is 0. The van der Waals surface area contributed by atoms with Gasteiger partial charge in [-0.25, -0.2) is 4.98 Å². The normalized spacial score (nSPS) is 17.1. The zero-order chi connectivity index (χ0) is 16.3. The van der Waals surface area contributed by atoms with E-state index in [0.29, 0.717) is 5.41 Å².